The normalized spacial score (nSPS) is 11.4. The predicted octanol–water partition coefficient (Wildman–Crippen LogP) is 3.50. The molecule has 7 heteroatoms. The number of aryl methyl sites for hydroxylation is 3. The fourth-order valence-corrected chi connectivity index (χ4v) is 3.03. The standard InChI is InChI=1S/C14H13ClFIN4/c1-20-5-3-18-13(20)2-4-21-12-6-9(16)10(17)7-11(12)19-14(21)8-15/h3,5-7H,2,4,8H2,1H3. The molecule has 1 aromatic carbocycles. The number of hydrogen-bond acceptors (Lipinski definition) is 2. The highest BCUT2D eigenvalue weighted by Crippen LogP contribution is 2.23. The Morgan fingerprint density at radius 2 is 2.14 bits per heavy atom. The van der Waals surface area contributed by atoms with Crippen LogP contribution in [0, 0.1) is 9.39 Å². The minimum absolute atomic E-state index is 0.234. The van der Waals surface area contributed by atoms with Gasteiger partial charge in [0.1, 0.15) is 17.5 Å². The fourth-order valence-electron chi connectivity index (χ4n) is 2.37. The molecule has 0 atom stereocenters. The van der Waals surface area contributed by atoms with Gasteiger partial charge in [-0.1, -0.05) is 0 Å². The largest absolute Gasteiger partial charge is 0.338 e. The molecule has 110 valence electrons. The lowest BCUT2D eigenvalue weighted by Crippen LogP contribution is -2.08. The number of benzene rings is 1. The van der Waals surface area contributed by atoms with Crippen molar-refractivity contribution in [3.8, 4) is 0 Å². The summed E-state index contributed by atoms with van der Waals surface area (Å²) in [6, 6.07) is 3.27. The van der Waals surface area contributed by atoms with Gasteiger partial charge in [-0.25, -0.2) is 14.4 Å². The summed E-state index contributed by atoms with van der Waals surface area (Å²) in [5.74, 6) is 1.79. The summed E-state index contributed by atoms with van der Waals surface area (Å²) in [6.45, 7) is 0.670. The van der Waals surface area contributed by atoms with Crippen LogP contribution < -0.4 is 0 Å². The number of rotatable bonds is 4. The maximum absolute atomic E-state index is 13.8. The van der Waals surface area contributed by atoms with E-state index in [1.165, 1.54) is 6.07 Å². The van der Waals surface area contributed by atoms with Crippen LogP contribution in [0.15, 0.2) is 24.5 Å². The lowest BCUT2D eigenvalue weighted by atomic mass is 10.3. The van der Waals surface area contributed by atoms with Crippen molar-refractivity contribution >= 4 is 45.2 Å². The van der Waals surface area contributed by atoms with Crippen LogP contribution in [-0.4, -0.2) is 19.1 Å². The van der Waals surface area contributed by atoms with Gasteiger partial charge in [0.15, 0.2) is 0 Å². The number of aromatic nitrogens is 4. The second kappa shape index (κ2) is 5.92. The van der Waals surface area contributed by atoms with Crippen LogP contribution in [0.3, 0.4) is 0 Å². The Hall–Kier alpha value is -1.15. The first-order valence-electron chi connectivity index (χ1n) is 6.46. The Kier molecular flexibility index (Phi) is 4.17. The Morgan fingerprint density at radius 1 is 1.33 bits per heavy atom. The van der Waals surface area contributed by atoms with Crippen LogP contribution in [-0.2, 0) is 25.9 Å². The zero-order chi connectivity index (χ0) is 15.0. The van der Waals surface area contributed by atoms with Crippen molar-refractivity contribution < 1.29 is 4.39 Å². The molecule has 0 fully saturated rings. The third-order valence-electron chi connectivity index (χ3n) is 3.47. The Morgan fingerprint density at radius 3 is 2.81 bits per heavy atom. The van der Waals surface area contributed by atoms with Gasteiger partial charge in [-0.05, 0) is 28.7 Å². The van der Waals surface area contributed by atoms with Crippen molar-refractivity contribution in [1.82, 2.24) is 19.1 Å². The second-order valence-corrected chi connectivity index (χ2v) is 6.20. The van der Waals surface area contributed by atoms with E-state index in [0.29, 0.717) is 16.0 Å². The highest BCUT2D eigenvalue weighted by Gasteiger charge is 2.13. The maximum Gasteiger partial charge on any atom is 0.138 e. The fraction of sp³-hybridized carbons (Fsp3) is 0.286. The molecule has 21 heavy (non-hydrogen) atoms. The second-order valence-electron chi connectivity index (χ2n) is 4.77. The topological polar surface area (TPSA) is 35.6 Å². The molecule has 4 nitrogen and oxygen atoms in total. The Bertz CT molecular complexity index is 796. The van der Waals surface area contributed by atoms with Crippen molar-refractivity contribution in [3.63, 3.8) is 0 Å². The van der Waals surface area contributed by atoms with E-state index < -0.39 is 0 Å². The van der Waals surface area contributed by atoms with Crippen LogP contribution in [0.1, 0.15) is 11.6 Å². The minimum Gasteiger partial charge on any atom is -0.338 e. The summed E-state index contributed by atoms with van der Waals surface area (Å²) < 4.78 is 18.3. The van der Waals surface area contributed by atoms with Gasteiger partial charge in [0.25, 0.3) is 0 Å². The molecule has 0 saturated carbocycles. The van der Waals surface area contributed by atoms with Crippen molar-refractivity contribution in [2.45, 2.75) is 18.8 Å². The molecule has 2 heterocycles. The smallest absolute Gasteiger partial charge is 0.138 e. The van der Waals surface area contributed by atoms with Crippen molar-refractivity contribution in [1.29, 1.82) is 0 Å². The quantitative estimate of drug-likeness (QED) is 0.480. The van der Waals surface area contributed by atoms with E-state index >= 15 is 0 Å². The lowest BCUT2D eigenvalue weighted by molar-refractivity contribution is 0.617. The number of alkyl halides is 1. The van der Waals surface area contributed by atoms with Crippen LogP contribution >= 0.6 is 34.2 Å². The SMILES string of the molecule is Cn1ccnc1CCn1c(CCl)nc2cc(I)c(F)cc21. The third-order valence-corrected chi connectivity index (χ3v) is 4.53. The van der Waals surface area contributed by atoms with Gasteiger partial charge in [0.2, 0.25) is 0 Å². The van der Waals surface area contributed by atoms with E-state index in [1.807, 2.05) is 45.0 Å². The summed E-state index contributed by atoms with van der Waals surface area (Å²) in [5, 5.41) is 0. The number of fused-ring (bicyclic) bond motifs is 1. The first-order chi connectivity index (χ1) is 10.1. The summed E-state index contributed by atoms with van der Waals surface area (Å²) >= 11 is 7.94. The Labute approximate surface area is 140 Å². The number of halogens is 3. The first-order valence-corrected chi connectivity index (χ1v) is 8.08. The van der Waals surface area contributed by atoms with Gasteiger partial charge in [-0.2, -0.15) is 0 Å². The molecule has 0 aliphatic heterocycles. The van der Waals surface area contributed by atoms with E-state index in [2.05, 4.69) is 9.97 Å². The zero-order valence-electron chi connectivity index (χ0n) is 11.4. The molecule has 2 aromatic heterocycles. The number of hydrogen-bond donors (Lipinski definition) is 0. The van der Waals surface area contributed by atoms with Crippen LogP contribution in [0.4, 0.5) is 4.39 Å². The van der Waals surface area contributed by atoms with E-state index in [0.717, 1.165) is 29.1 Å². The monoisotopic (exact) mass is 418 g/mol. The van der Waals surface area contributed by atoms with Crippen LogP contribution in [0.2, 0.25) is 0 Å². The molecule has 0 unspecified atom stereocenters. The van der Waals surface area contributed by atoms with Gasteiger partial charge in [0.05, 0.1) is 20.5 Å². The lowest BCUT2D eigenvalue weighted by Gasteiger charge is -2.08. The minimum atomic E-state index is -0.234. The highest BCUT2D eigenvalue weighted by atomic mass is 127. The van der Waals surface area contributed by atoms with Crippen molar-refractivity contribution in [3.05, 3.63) is 45.6 Å². The zero-order valence-corrected chi connectivity index (χ0v) is 14.3. The van der Waals surface area contributed by atoms with Gasteiger partial charge in [-0.3, -0.25) is 0 Å². The molecule has 0 amide bonds. The maximum atomic E-state index is 13.8. The average Bonchev–Trinajstić information content (AvgIpc) is 3.01. The van der Waals surface area contributed by atoms with E-state index in [1.54, 1.807) is 12.3 Å². The van der Waals surface area contributed by atoms with Gasteiger partial charge in [-0.15, -0.1) is 11.6 Å². The van der Waals surface area contributed by atoms with Gasteiger partial charge < -0.3 is 9.13 Å². The first kappa shape index (κ1) is 14.8. The molecule has 0 aliphatic rings. The highest BCUT2D eigenvalue weighted by molar-refractivity contribution is 14.1. The summed E-state index contributed by atoms with van der Waals surface area (Å²) in [4.78, 5) is 8.79. The van der Waals surface area contributed by atoms with E-state index in [9.17, 15) is 4.39 Å². The molecule has 3 rings (SSSR count). The van der Waals surface area contributed by atoms with E-state index in [-0.39, 0.29) is 5.82 Å². The summed E-state index contributed by atoms with van der Waals surface area (Å²) in [7, 11) is 1.96. The van der Waals surface area contributed by atoms with Gasteiger partial charge in [0, 0.05) is 38.5 Å². The molecule has 0 spiro atoms. The van der Waals surface area contributed by atoms with Gasteiger partial charge >= 0.3 is 0 Å². The number of nitrogens with zero attached hydrogens (tertiary/aromatic N) is 4. The third kappa shape index (κ3) is 2.78. The molecule has 0 saturated heterocycles. The summed E-state index contributed by atoms with van der Waals surface area (Å²) in [6.07, 6.45) is 4.42. The summed E-state index contributed by atoms with van der Waals surface area (Å²) in [5.41, 5.74) is 1.55. The molecule has 0 radical (unpaired) electrons. The predicted molar refractivity (Wildman–Crippen MR) is 88.9 cm³/mol. The van der Waals surface area contributed by atoms with Crippen molar-refractivity contribution in [2.75, 3.05) is 0 Å². The molecular weight excluding hydrogens is 406 g/mol. The van der Waals surface area contributed by atoms with Crippen LogP contribution in [0.25, 0.3) is 11.0 Å². The molecule has 0 aliphatic carbocycles. The molecule has 3 aromatic rings. The Balaban J connectivity index is 2.00. The van der Waals surface area contributed by atoms with Crippen molar-refractivity contribution in [2.24, 2.45) is 7.05 Å². The molecule has 0 N–H and O–H groups in total. The average molecular weight is 419 g/mol. The molecule has 0 bridgehead atoms. The molecular formula is C14H13ClFIN4. The van der Waals surface area contributed by atoms with E-state index in [4.69, 9.17) is 11.6 Å². The number of imidazole rings is 2. The van der Waals surface area contributed by atoms with Crippen LogP contribution in [0.5, 0.6) is 0 Å².